The molecule has 1 amide bonds. The summed E-state index contributed by atoms with van der Waals surface area (Å²) in [4.78, 5) is 33.4. The third-order valence-electron chi connectivity index (χ3n) is 6.18. The summed E-state index contributed by atoms with van der Waals surface area (Å²) in [6.07, 6.45) is 1.53. The Morgan fingerprint density at radius 1 is 1.18 bits per heavy atom. The van der Waals surface area contributed by atoms with Gasteiger partial charge < -0.3 is 19.8 Å². The highest BCUT2D eigenvalue weighted by Crippen LogP contribution is 2.42. The number of rotatable bonds is 6. The number of aromatic hydroxyl groups is 1. The van der Waals surface area contributed by atoms with Gasteiger partial charge in [-0.15, -0.1) is 11.3 Å². The number of aromatic nitrogens is 1. The van der Waals surface area contributed by atoms with E-state index in [0.717, 1.165) is 18.4 Å². The summed E-state index contributed by atoms with van der Waals surface area (Å²) in [5.41, 5.74) is 1.97. The summed E-state index contributed by atoms with van der Waals surface area (Å²) < 4.78 is 5.72. The zero-order chi connectivity index (χ0) is 23.8. The number of hydrogen-bond donors (Lipinski definition) is 2. The van der Waals surface area contributed by atoms with Crippen molar-refractivity contribution in [1.29, 1.82) is 0 Å². The van der Waals surface area contributed by atoms with Gasteiger partial charge in [0.2, 0.25) is 5.78 Å². The van der Waals surface area contributed by atoms with E-state index in [0.29, 0.717) is 27.7 Å². The fraction of sp³-hybridized carbons (Fsp3) is 0.269. The Morgan fingerprint density at radius 3 is 2.68 bits per heavy atom. The summed E-state index contributed by atoms with van der Waals surface area (Å²) in [7, 11) is 0. The molecule has 2 aliphatic heterocycles. The molecule has 1 aromatic heterocycles. The summed E-state index contributed by atoms with van der Waals surface area (Å²) >= 11 is 1.24. The Bertz CT molecular complexity index is 1280. The standard InChI is InChI=1S/C26H24N2O5S/c1-15-24(34-25(27-15)16-7-3-2-4-8-16)22(30)20-21(17-9-5-10-18(29)13-17)28(26(32)23(20)31)14-19-11-6-12-33-19/h2-5,7-10,13,19,21,29,31H,6,11-12,14H2,1H3. The van der Waals surface area contributed by atoms with Gasteiger partial charge in [0.1, 0.15) is 10.8 Å². The normalized spacial score (nSPS) is 20.4. The molecule has 3 heterocycles. The minimum Gasteiger partial charge on any atom is -0.508 e. The van der Waals surface area contributed by atoms with Gasteiger partial charge >= 0.3 is 0 Å². The summed E-state index contributed by atoms with van der Waals surface area (Å²) in [6.45, 7) is 2.62. The van der Waals surface area contributed by atoms with E-state index in [1.165, 1.54) is 28.4 Å². The number of ether oxygens (including phenoxy) is 1. The number of ketones is 1. The highest BCUT2D eigenvalue weighted by atomic mass is 32.1. The molecular weight excluding hydrogens is 452 g/mol. The van der Waals surface area contributed by atoms with Gasteiger partial charge in [0, 0.05) is 18.7 Å². The fourth-order valence-corrected chi connectivity index (χ4v) is 5.58. The number of aliphatic hydroxyl groups excluding tert-OH is 1. The number of amides is 1. The lowest BCUT2D eigenvalue weighted by Crippen LogP contribution is -2.37. The first kappa shape index (κ1) is 22.3. The highest BCUT2D eigenvalue weighted by Gasteiger charge is 2.45. The van der Waals surface area contributed by atoms with Crippen molar-refractivity contribution in [3.63, 3.8) is 0 Å². The van der Waals surface area contributed by atoms with E-state index >= 15 is 0 Å². The van der Waals surface area contributed by atoms with Gasteiger partial charge in [-0.2, -0.15) is 0 Å². The Morgan fingerprint density at radius 2 is 1.97 bits per heavy atom. The molecule has 0 spiro atoms. The number of benzene rings is 2. The summed E-state index contributed by atoms with van der Waals surface area (Å²) in [6, 6.07) is 15.1. The van der Waals surface area contributed by atoms with Gasteiger partial charge in [-0.05, 0) is 37.5 Å². The lowest BCUT2D eigenvalue weighted by atomic mass is 9.94. The van der Waals surface area contributed by atoms with Gasteiger partial charge in [-0.25, -0.2) is 4.98 Å². The quantitative estimate of drug-likeness (QED) is 0.505. The van der Waals surface area contributed by atoms with Crippen LogP contribution in [0.5, 0.6) is 5.75 Å². The minimum absolute atomic E-state index is 0.0000383. The first-order valence-corrected chi connectivity index (χ1v) is 12.0. The molecule has 2 atom stereocenters. The number of aryl methyl sites for hydroxylation is 1. The third kappa shape index (κ3) is 3.99. The van der Waals surface area contributed by atoms with Crippen LogP contribution < -0.4 is 0 Å². The minimum atomic E-state index is -0.835. The molecule has 1 fully saturated rings. The van der Waals surface area contributed by atoms with Crippen LogP contribution in [0.15, 0.2) is 65.9 Å². The maximum atomic E-state index is 13.8. The first-order chi connectivity index (χ1) is 16.4. The molecule has 2 N–H and O–H groups in total. The molecule has 7 nitrogen and oxygen atoms in total. The van der Waals surface area contributed by atoms with Crippen molar-refractivity contribution in [2.45, 2.75) is 31.9 Å². The van der Waals surface area contributed by atoms with Crippen LogP contribution in [0.25, 0.3) is 10.6 Å². The maximum absolute atomic E-state index is 13.8. The second kappa shape index (κ2) is 9.04. The lowest BCUT2D eigenvalue weighted by Gasteiger charge is -2.29. The molecule has 8 heteroatoms. The number of carbonyl (C=O) groups is 2. The molecule has 0 bridgehead atoms. The molecule has 0 aliphatic carbocycles. The second-order valence-electron chi connectivity index (χ2n) is 8.48. The smallest absolute Gasteiger partial charge is 0.290 e. The van der Waals surface area contributed by atoms with Gasteiger partial charge in [-0.1, -0.05) is 42.5 Å². The zero-order valence-electron chi connectivity index (χ0n) is 18.6. The molecule has 34 heavy (non-hydrogen) atoms. The van der Waals surface area contributed by atoms with Crippen molar-refractivity contribution in [1.82, 2.24) is 9.88 Å². The number of phenols is 1. The molecule has 2 aromatic carbocycles. The molecule has 0 saturated carbocycles. The Hall–Kier alpha value is -3.49. The number of nitrogens with zero attached hydrogens (tertiary/aromatic N) is 2. The fourth-order valence-electron chi connectivity index (χ4n) is 4.56. The van der Waals surface area contributed by atoms with Crippen molar-refractivity contribution in [3.05, 3.63) is 82.1 Å². The number of Topliss-reactive ketones (excluding diaryl/α,β-unsaturated/α-hetero) is 1. The molecule has 1 saturated heterocycles. The lowest BCUT2D eigenvalue weighted by molar-refractivity contribution is -0.131. The third-order valence-corrected chi connectivity index (χ3v) is 7.39. The van der Waals surface area contributed by atoms with E-state index in [-0.39, 0.29) is 24.0 Å². The molecule has 5 rings (SSSR count). The number of aliphatic hydroxyl groups is 1. The predicted molar refractivity (Wildman–Crippen MR) is 128 cm³/mol. The van der Waals surface area contributed by atoms with Crippen molar-refractivity contribution < 1.29 is 24.5 Å². The van der Waals surface area contributed by atoms with Crippen LogP contribution in [0.4, 0.5) is 0 Å². The predicted octanol–water partition coefficient (Wildman–Crippen LogP) is 4.58. The number of phenolic OH excluding ortho intramolecular Hbond substituents is 1. The van der Waals surface area contributed by atoms with Crippen LogP contribution in [0.3, 0.4) is 0 Å². The van der Waals surface area contributed by atoms with Crippen molar-refractivity contribution in [3.8, 4) is 16.3 Å². The van der Waals surface area contributed by atoms with Gasteiger partial charge in [0.05, 0.1) is 28.3 Å². The van der Waals surface area contributed by atoms with Crippen LogP contribution >= 0.6 is 11.3 Å². The van der Waals surface area contributed by atoms with Gasteiger partial charge in [-0.3, -0.25) is 9.59 Å². The number of thiazole rings is 1. The van der Waals surface area contributed by atoms with E-state index in [1.807, 2.05) is 30.3 Å². The molecule has 2 unspecified atom stereocenters. The molecule has 2 aliphatic rings. The topological polar surface area (TPSA) is 100.0 Å². The van der Waals surface area contributed by atoms with E-state index < -0.39 is 23.5 Å². The monoisotopic (exact) mass is 476 g/mol. The maximum Gasteiger partial charge on any atom is 0.290 e. The van der Waals surface area contributed by atoms with Crippen molar-refractivity contribution >= 4 is 23.0 Å². The SMILES string of the molecule is Cc1nc(-c2ccccc2)sc1C(=O)C1=C(O)C(=O)N(CC2CCCO2)C1c1cccc(O)c1. The van der Waals surface area contributed by atoms with E-state index in [1.54, 1.807) is 19.1 Å². The van der Waals surface area contributed by atoms with E-state index in [9.17, 15) is 19.8 Å². The van der Waals surface area contributed by atoms with Crippen molar-refractivity contribution in [2.75, 3.05) is 13.2 Å². The first-order valence-electron chi connectivity index (χ1n) is 11.2. The molecule has 3 aromatic rings. The average molecular weight is 477 g/mol. The van der Waals surface area contributed by atoms with Crippen LogP contribution in [0, 0.1) is 6.92 Å². The van der Waals surface area contributed by atoms with Gasteiger partial charge in [0.15, 0.2) is 5.76 Å². The van der Waals surface area contributed by atoms with Gasteiger partial charge in [0.25, 0.3) is 5.91 Å². The average Bonchev–Trinajstić information content (AvgIpc) is 3.55. The second-order valence-corrected chi connectivity index (χ2v) is 9.48. The Balaban J connectivity index is 1.56. The molecule has 0 radical (unpaired) electrons. The van der Waals surface area contributed by atoms with Crippen LogP contribution in [-0.4, -0.2) is 51.0 Å². The Labute approximate surface area is 201 Å². The van der Waals surface area contributed by atoms with Crippen LogP contribution in [0.1, 0.15) is 39.8 Å². The zero-order valence-corrected chi connectivity index (χ0v) is 19.4. The van der Waals surface area contributed by atoms with Crippen LogP contribution in [0.2, 0.25) is 0 Å². The van der Waals surface area contributed by atoms with E-state index in [2.05, 4.69) is 4.98 Å². The van der Waals surface area contributed by atoms with E-state index in [4.69, 9.17) is 4.74 Å². The van der Waals surface area contributed by atoms with Crippen LogP contribution in [-0.2, 0) is 9.53 Å². The van der Waals surface area contributed by atoms with Crippen molar-refractivity contribution in [2.24, 2.45) is 0 Å². The molecular formula is C26H24N2O5S. The Kier molecular flexibility index (Phi) is 5.93. The molecule has 174 valence electrons. The summed E-state index contributed by atoms with van der Waals surface area (Å²) in [5.74, 6) is -1.60. The largest absolute Gasteiger partial charge is 0.508 e. The number of carbonyl (C=O) groups excluding carboxylic acids is 2. The number of hydrogen-bond acceptors (Lipinski definition) is 7. The summed E-state index contributed by atoms with van der Waals surface area (Å²) in [5, 5.41) is 21.7. The highest BCUT2D eigenvalue weighted by molar-refractivity contribution is 7.17.